The fourth-order valence-electron chi connectivity index (χ4n) is 2.23. The highest BCUT2D eigenvalue weighted by Gasteiger charge is 2.34. The maximum absolute atomic E-state index is 12.5. The smallest absolute Gasteiger partial charge is 0.155 e. The fourth-order valence-corrected chi connectivity index (χ4v) is 9.46. The van der Waals surface area contributed by atoms with Crippen molar-refractivity contribution in [1.29, 1.82) is 0 Å². The summed E-state index contributed by atoms with van der Waals surface area (Å²) in [5.41, 5.74) is 0. The van der Waals surface area contributed by atoms with E-state index in [-0.39, 0.29) is 17.3 Å². The standard InChI is InChI=1S/C15H32O6S3/c1-4-7-10-22(16,17)13-15(24(20,21)12-9-6-3)14-23(18,19)11-8-5-2/h15H,4-14H2,1-3H3. The van der Waals surface area contributed by atoms with Gasteiger partial charge in [0.1, 0.15) is 0 Å². The second-order valence-electron chi connectivity index (χ2n) is 6.28. The number of hydrogen-bond donors (Lipinski definition) is 0. The Morgan fingerprint density at radius 2 is 0.917 bits per heavy atom. The molecule has 0 aliphatic rings. The Kier molecular flexibility index (Phi) is 10.7. The van der Waals surface area contributed by atoms with E-state index >= 15 is 0 Å². The van der Waals surface area contributed by atoms with Gasteiger partial charge in [-0.1, -0.05) is 40.0 Å². The monoisotopic (exact) mass is 404 g/mol. The zero-order valence-electron chi connectivity index (χ0n) is 15.0. The number of rotatable bonds is 14. The molecule has 24 heavy (non-hydrogen) atoms. The molecule has 0 N–H and O–H groups in total. The van der Waals surface area contributed by atoms with Crippen molar-refractivity contribution >= 4 is 29.5 Å². The van der Waals surface area contributed by atoms with Crippen molar-refractivity contribution in [2.75, 3.05) is 28.8 Å². The van der Waals surface area contributed by atoms with Crippen LogP contribution in [0.1, 0.15) is 59.3 Å². The molecule has 0 aromatic rings. The summed E-state index contributed by atoms with van der Waals surface area (Å²) in [6.45, 7) is 5.53. The molecule has 0 atom stereocenters. The van der Waals surface area contributed by atoms with Gasteiger partial charge < -0.3 is 0 Å². The van der Waals surface area contributed by atoms with E-state index in [2.05, 4.69) is 0 Å². The lowest BCUT2D eigenvalue weighted by molar-refractivity contribution is 0.567. The highest BCUT2D eigenvalue weighted by molar-refractivity contribution is 7.97. The van der Waals surface area contributed by atoms with Crippen LogP contribution in [0.4, 0.5) is 0 Å². The van der Waals surface area contributed by atoms with Gasteiger partial charge in [0.15, 0.2) is 29.5 Å². The lowest BCUT2D eigenvalue weighted by Gasteiger charge is -2.18. The van der Waals surface area contributed by atoms with Gasteiger partial charge >= 0.3 is 0 Å². The van der Waals surface area contributed by atoms with Crippen LogP contribution in [-0.4, -0.2) is 59.3 Å². The van der Waals surface area contributed by atoms with E-state index in [0.717, 1.165) is 0 Å². The Bertz CT molecular complexity index is 607. The van der Waals surface area contributed by atoms with E-state index in [1.807, 2.05) is 20.8 Å². The van der Waals surface area contributed by atoms with Crippen LogP contribution in [0.3, 0.4) is 0 Å². The summed E-state index contributed by atoms with van der Waals surface area (Å²) in [5.74, 6) is -1.55. The van der Waals surface area contributed by atoms with Crippen molar-refractivity contribution in [2.45, 2.75) is 64.5 Å². The SMILES string of the molecule is CCCCS(=O)(=O)CC(CS(=O)(=O)CCCC)S(=O)(=O)CCCC. The molecule has 0 saturated heterocycles. The highest BCUT2D eigenvalue weighted by Crippen LogP contribution is 2.14. The first kappa shape index (κ1) is 23.9. The molecule has 0 spiro atoms. The van der Waals surface area contributed by atoms with Gasteiger partial charge in [0.2, 0.25) is 0 Å². The Hall–Kier alpha value is -0.150. The van der Waals surface area contributed by atoms with E-state index in [0.29, 0.717) is 38.5 Å². The predicted octanol–water partition coefficient (Wildman–Crippen LogP) is 2.00. The molecule has 0 aliphatic heterocycles. The average Bonchev–Trinajstić information content (AvgIpc) is 2.48. The maximum Gasteiger partial charge on any atom is 0.155 e. The zero-order valence-corrected chi connectivity index (χ0v) is 17.5. The molecule has 9 heteroatoms. The van der Waals surface area contributed by atoms with Crippen LogP contribution >= 0.6 is 0 Å². The molecule has 0 aromatic carbocycles. The van der Waals surface area contributed by atoms with Crippen LogP contribution in [0.2, 0.25) is 0 Å². The summed E-state index contributed by atoms with van der Waals surface area (Å²) < 4.78 is 73.6. The van der Waals surface area contributed by atoms with Crippen molar-refractivity contribution in [2.24, 2.45) is 0 Å². The molecular formula is C15H32O6S3. The first-order valence-corrected chi connectivity index (χ1v) is 14.0. The van der Waals surface area contributed by atoms with Crippen molar-refractivity contribution in [3.8, 4) is 0 Å². The molecule has 0 heterocycles. The minimum absolute atomic E-state index is 0.0989. The summed E-state index contributed by atoms with van der Waals surface area (Å²) in [6, 6.07) is 0. The largest absolute Gasteiger partial charge is 0.229 e. The van der Waals surface area contributed by atoms with Gasteiger partial charge in [-0.25, -0.2) is 25.3 Å². The first-order valence-electron chi connectivity index (χ1n) is 8.62. The van der Waals surface area contributed by atoms with Gasteiger partial charge in [-0.2, -0.15) is 0 Å². The van der Waals surface area contributed by atoms with E-state index in [1.54, 1.807) is 0 Å². The van der Waals surface area contributed by atoms with Crippen molar-refractivity contribution in [3.05, 3.63) is 0 Å². The van der Waals surface area contributed by atoms with Crippen LogP contribution in [0, 0.1) is 0 Å². The summed E-state index contributed by atoms with van der Waals surface area (Å²) in [6.07, 6.45) is 3.32. The van der Waals surface area contributed by atoms with Crippen LogP contribution < -0.4 is 0 Å². The lowest BCUT2D eigenvalue weighted by atomic mass is 10.4. The Morgan fingerprint density at radius 3 is 1.25 bits per heavy atom. The number of sulfone groups is 3. The molecule has 0 unspecified atom stereocenters. The molecule has 0 aromatic heterocycles. The fraction of sp³-hybridized carbons (Fsp3) is 1.00. The Labute approximate surface area is 148 Å². The number of unbranched alkanes of at least 4 members (excludes halogenated alkanes) is 3. The van der Waals surface area contributed by atoms with E-state index in [1.165, 1.54) is 0 Å². The Balaban J connectivity index is 5.38. The third kappa shape index (κ3) is 9.98. The topological polar surface area (TPSA) is 102 Å². The third-order valence-corrected chi connectivity index (χ3v) is 10.1. The quantitative estimate of drug-likeness (QED) is 0.439. The second-order valence-corrected chi connectivity index (χ2v) is 13.1. The molecule has 0 radical (unpaired) electrons. The highest BCUT2D eigenvalue weighted by atomic mass is 32.2. The molecule has 0 saturated carbocycles. The second kappa shape index (κ2) is 10.8. The van der Waals surface area contributed by atoms with Crippen molar-refractivity contribution in [1.82, 2.24) is 0 Å². The van der Waals surface area contributed by atoms with Crippen LogP contribution in [0.25, 0.3) is 0 Å². The molecular weight excluding hydrogens is 372 g/mol. The van der Waals surface area contributed by atoms with Gasteiger partial charge in [-0.3, -0.25) is 0 Å². The summed E-state index contributed by atoms with van der Waals surface area (Å²) in [4.78, 5) is 0. The van der Waals surface area contributed by atoms with Gasteiger partial charge in [-0.05, 0) is 19.3 Å². The molecule has 0 fully saturated rings. The van der Waals surface area contributed by atoms with Gasteiger partial charge in [0, 0.05) is 0 Å². The molecule has 0 aliphatic carbocycles. The minimum atomic E-state index is -3.76. The minimum Gasteiger partial charge on any atom is -0.229 e. The van der Waals surface area contributed by atoms with Crippen LogP contribution in [0.15, 0.2) is 0 Å². The van der Waals surface area contributed by atoms with E-state index < -0.39 is 46.3 Å². The molecule has 0 rings (SSSR count). The van der Waals surface area contributed by atoms with Gasteiger partial charge in [0.25, 0.3) is 0 Å². The van der Waals surface area contributed by atoms with E-state index in [9.17, 15) is 25.3 Å². The molecule has 146 valence electrons. The van der Waals surface area contributed by atoms with Gasteiger partial charge in [-0.15, -0.1) is 0 Å². The molecule has 0 amide bonds. The lowest BCUT2D eigenvalue weighted by Crippen LogP contribution is -2.38. The zero-order chi connectivity index (χ0) is 18.9. The number of hydrogen-bond acceptors (Lipinski definition) is 6. The summed E-state index contributed by atoms with van der Waals surface area (Å²) >= 11 is 0. The Morgan fingerprint density at radius 1 is 0.583 bits per heavy atom. The summed E-state index contributed by atoms with van der Waals surface area (Å²) in [7, 11) is -10.9. The predicted molar refractivity (Wildman–Crippen MR) is 99.6 cm³/mol. The maximum atomic E-state index is 12.5. The summed E-state index contributed by atoms with van der Waals surface area (Å²) in [5, 5.41) is -1.35. The van der Waals surface area contributed by atoms with Crippen LogP contribution in [0.5, 0.6) is 0 Å². The average molecular weight is 405 g/mol. The van der Waals surface area contributed by atoms with Crippen molar-refractivity contribution in [3.63, 3.8) is 0 Å². The van der Waals surface area contributed by atoms with E-state index in [4.69, 9.17) is 0 Å². The van der Waals surface area contributed by atoms with Crippen LogP contribution in [-0.2, 0) is 29.5 Å². The molecule has 6 nitrogen and oxygen atoms in total. The van der Waals surface area contributed by atoms with Crippen molar-refractivity contribution < 1.29 is 25.3 Å². The molecule has 0 bridgehead atoms. The van der Waals surface area contributed by atoms with Gasteiger partial charge in [0.05, 0.1) is 34.0 Å². The third-order valence-electron chi connectivity index (χ3n) is 3.79. The normalized spacial score (nSPS) is 13.5. The first-order chi connectivity index (χ1) is 11.0.